The predicted octanol–water partition coefficient (Wildman–Crippen LogP) is 5.37. The smallest absolute Gasteiger partial charge is 0.415 e. The van der Waals surface area contributed by atoms with Crippen LogP contribution in [0.25, 0.3) is 0 Å². The molecule has 0 radical (unpaired) electrons. The van der Waals surface area contributed by atoms with Crippen LogP contribution in [0.4, 0.5) is 27.6 Å². The van der Waals surface area contributed by atoms with E-state index in [1.54, 1.807) is 6.92 Å². The molecule has 1 aliphatic rings. The van der Waals surface area contributed by atoms with Crippen molar-refractivity contribution in [2.45, 2.75) is 49.6 Å². The minimum Gasteiger partial charge on any atom is -0.415 e. The molecule has 3 aromatic rings. The number of halogens is 5. The third-order valence-electron chi connectivity index (χ3n) is 6.43. The van der Waals surface area contributed by atoms with Crippen LogP contribution in [0.15, 0.2) is 35.4 Å². The summed E-state index contributed by atoms with van der Waals surface area (Å²) in [6.45, 7) is 2.68. The number of carbonyl (C=O) groups is 1. The molecule has 0 bridgehead atoms. The summed E-state index contributed by atoms with van der Waals surface area (Å²) in [5.74, 6) is -5.72. The van der Waals surface area contributed by atoms with E-state index in [0.717, 1.165) is 31.9 Å². The number of amides is 1. The van der Waals surface area contributed by atoms with Gasteiger partial charge in [-0.15, -0.1) is 10.2 Å². The van der Waals surface area contributed by atoms with E-state index in [4.69, 9.17) is 4.74 Å². The Balaban J connectivity index is 1.76. The van der Waals surface area contributed by atoms with E-state index in [2.05, 4.69) is 20.5 Å². The Morgan fingerprint density at radius 3 is 2.37 bits per heavy atom. The second-order valence-electron chi connectivity index (χ2n) is 9.23. The Morgan fingerprint density at radius 2 is 1.79 bits per heavy atom. The number of aromatic nitrogens is 3. The first-order valence-corrected chi connectivity index (χ1v) is 13.1. The van der Waals surface area contributed by atoms with Crippen molar-refractivity contribution in [3.8, 4) is 11.8 Å². The molecule has 38 heavy (non-hydrogen) atoms. The molecule has 0 spiro atoms. The molecule has 1 aromatic carbocycles. The summed E-state index contributed by atoms with van der Waals surface area (Å²) in [6.07, 6.45) is -0.908. The van der Waals surface area contributed by atoms with Crippen LogP contribution in [0.3, 0.4) is 0 Å². The minimum absolute atomic E-state index is 0.0343. The van der Waals surface area contributed by atoms with Gasteiger partial charge in [-0.25, -0.2) is 17.8 Å². The van der Waals surface area contributed by atoms with Gasteiger partial charge >= 0.3 is 6.18 Å². The highest BCUT2D eigenvalue weighted by Crippen LogP contribution is 2.45. The van der Waals surface area contributed by atoms with Crippen molar-refractivity contribution >= 4 is 21.4 Å². The molecule has 0 aliphatic heterocycles. The van der Waals surface area contributed by atoms with Crippen LogP contribution in [0.2, 0.25) is 0 Å². The fourth-order valence-corrected chi connectivity index (χ4v) is 4.78. The quantitative estimate of drug-likeness (QED) is 0.407. The number of alkyl halides is 3. The van der Waals surface area contributed by atoms with E-state index in [-0.39, 0.29) is 16.1 Å². The first-order valence-electron chi connectivity index (χ1n) is 11.2. The molecule has 1 fully saturated rings. The van der Waals surface area contributed by atoms with Crippen LogP contribution >= 0.6 is 0 Å². The Kier molecular flexibility index (Phi) is 6.89. The molecular formula is C24H21F5N4O4S. The van der Waals surface area contributed by atoms with Crippen molar-refractivity contribution < 1.29 is 39.9 Å². The van der Waals surface area contributed by atoms with Gasteiger partial charge in [0.15, 0.2) is 21.3 Å². The minimum atomic E-state index is -5.00. The van der Waals surface area contributed by atoms with Gasteiger partial charge in [0.25, 0.3) is 17.7 Å². The number of sulfone groups is 1. The maximum absolute atomic E-state index is 14.9. The molecule has 4 rings (SSSR count). The first kappa shape index (κ1) is 27.4. The van der Waals surface area contributed by atoms with Crippen LogP contribution < -0.4 is 10.1 Å². The summed E-state index contributed by atoms with van der Waals surface area (Å²) in [6, 6.07) is 4.97. The zero-order valence-electron chi connectivity index (χ0n) is 20.3. The Morgan fingerprint density at radius 1 is 1.11 bits per heavy atom. The second-order valence-corrected chi connectivity index (χ2v) is 11.2. The van der Waals surface area contributed by atoms with Crippen molar-refractivity contribution in [1.82, 2.24) is 15.2 Å². The molecule has 2 aromatic heterocycles. The van der Waals surface area contributed by atoms with E-state index in [0.29, 0.717) is 12.8 Å². The van der Waals surface area contributed by atoms with Gasteiger partial charge in [-0.2, -0.15) is 17.6 Å². The van der Waals surface area contributed by atoms with E-state index < -0.39 is 67.6 Å². The number of hydrogen-bond acceptors (Lipinski definition) is 7. The van der Waals surface area contributed by atoms with E-state index in [9.17, 15) is 35.2 Å². The zero-order valence-corrected chi connectivity index (χ0v) is 21.1. The number of nitrogens with zero attached hydrogens (tertiary/aromatic N) is 3. The molecule has 0 unspecified atom stereocenters. The van der Waals surface area contributed by atoms with E-state index in [1.165, 1.54) is 18.2 Å². The summed E-state index contributed by atoms with van der Waals surface area (Å²) in [4.78, 5) is 16.7. The van der Waals surface area contributed by atoms with Crippen LogP contribution in [0.5, 0.6) is 11.8 Å². The van der Waals surface area contributed by atoms with Crippen molar-refractivity contribution in [2.24, 2.45) is 0 Å². The Hall–Kier alpha value is -3.68. The van der Waals surface area contributed by atoms with Gasteiger partial charge in [0, 0.05) is 23.7 Å². The summed E-state index contributed by atoms with van der Waals surface area (Å²) < 4.78 is 99.1. The number of anilines is 1. The lowest BCUT2D eigenvalue weighted by atomic mass is 9.66. The average Bonchev–Trinajstić information content (AvgIpc) is 2.79. The summed E-state index contributed by atoms with van der Waals surface area (Å²) in [5.41, 5.74) is -3.64. The highest BCUT2D eigenvalue weighted by atomic mass is 32.2. The van der Waals surface area contributed by atoms with Crippen molar-refractivity contribution in [3.63, 3.8) is 0 Å². The van der Waals surface area contributed by atoms with E-state index >= 15 is 0 Å². The predicted molar refractivity (Wildman–Crippen MR) is 125 cm³/mol. The van der Waals surface area contributed by atoms with Gasteiger partial charge in [-0.3, -0.25) is 4.79 Å². The number of pyridine rings is 1. The summed E-state index contributed by atoms with van der Waals surface area (Å²) in [5, 5.41) is 8.66. The maximum atomic E-state index is 14.9. The molecule has 1 N–H and O–H groups in total. The zero-order chi connectivity index (χ0) is 28.0. The molecule has 14 heteroatoms. The third-order valence-corrected chi connectivity index (χ3v) is 7.54. The SMILES string of the molecule is Cc1c(C(F)(F)F)nnc(Oc2ncc(C3(C)CCC3)c(F)c2F)c1C(=O)Nc1cccc(S(C)(=O)=O)c1. The van der Waals surface area contributed by atoms with Gasteiger partial charge in [0.2, 0.25) is 5.82 Å². The van der Waals surface area contributed by atoms with Crippen LogP contribution in [-0.4, -0.2) is 35.8 Å². The van der Waals surface area contributed by atoms with Crippen molar-refractivity contribution in [1.29, 1.82) is 0 Å². The number of hydrogen-bond donors (Lipinski definition) is 1. The second kappa shape index (κ2) is 9.57. The molecule has 0 saturated heterocycles. The fraction of sp³-hybridized carbons (Fsp3) is 0.333. The summed E-state index contributed by atoms with van der Waals surface area (Å²) in [7, 11) is -3.66. The normalized spacial score (nSPS) is 15.1. The van der Waals surface area contributed by atoms with Crippen molar-refractivity contribution in [2.75, 3.05) is 11.6 Å². The fourth-order valence-electron chi connectivity index (χ4n) is 4.11. The number of ether oxygens (including phenoxy) is 1. The average molecular weight is 557 g/mol. The third kappa shape index (κ3) is 5.17. The van der Waals surface area contributed by atoms with Crippen molar-refractivity contribution in [3.05, 3.63) is 64.5 Å². The lowest BCUT2D eigenvalue weighted by Gasteiger charge is -2.38. The van der Waals surface area contributed by atoms with Gasteiger partial charge in [-0.1, -0.05) is 19.4 Å². The molecule has 1 amide bonds. The topological polar surface area (TPSA) is 111 Å². The van der Waals surface area contributed by atoms with Gasteiger partial charge in [-0.05, 0) is 48.9 Å². The highest BCUT2D eigenvalue weighted by Gasteiger charge is 2.40. The Labute approximate surface area is 214 Å². The lowest BCUT2D eigenvalue weighted by molar-refractivity contribution is -0.142. The van der Waals surface area contributed by atoms with Gasteiger partial charge in [0.1, 0.15) is 5.56 Å². The maximum Gasteiger partial charge on any atom is 0.435 e. The molecule has 202 valence electrons. The number of rotatable bonds is 6. The van der Waals surface area contributed by atoms with Crippen LogP contribution in [-0.2, 0) is 21.4 Å². The highest BCUT2D eigenvalue weighted by molar-refractivity contribution is 7.90. The standard InChI is InChI=1S/C24H21F5N4O4S/c1-12-16(20(34)31-13-6-4-7-14(10-13)38(3,35)36)21(33-32-19(12)24(27,28)29)37-22-18(26)17(25)15(11-30-22)23(2)8-5-9-23/h4,6-7,10-11H,5,8-9H2,1-3H3,(H,31,34). The molecule has 0 atom stereocenters. The molecule has 2 heterocycles. The lowest BCUT2D eigenvalue weighted by Crippen LogP contribution is -2.32. The molecule has 8 nitrogen and oxygen atoms in total. The largest absolute Gasteiger partial charge is 0.435 e. The Bertz CT molecular complexity index is 1540. The monoisotopic (exact) mass is 556 g/mol. The number of carbonyl (C=O) groups excluding carboxylic acids is 1. The van der Waals surface area contributed by atoms with Gasteiger partial charge in [0.05, 0.1) is 4.90 Å². The summed E-state index contributed by atoms with van der Waals surface area (Å²) >= 11 is 0. The van der Waals surface area contributed by atoms with Crippen LogP contribution in [0.1, 0.15) is 53.4 Å². The molecular weight excluding hydrogens is 535 g/mol. The van der Waals surface area contributed by atoms with Gasteiger partial charge < -0.3 is 10.1 Å². The molecule has 1 aliphatic carbocycles. The van der Waals surface area contributed by atoms with E-state index in [1.807, 2.05) is 0 Å². The van der Waals surface area contributed by atoms with Crippen LogP contribution in [0, 0.1) is 18.6 Å². The molecule has 1 saturated carbocycles. The number of benzene rings is 1. The number of nitrogens with one attached hydrogen (secondary N) is 1. The first-order chi connectivity index (χ1) is 17.6.